The Kier molecular flexibility index (Phi) is 2.27. The van der Waals surface area contributed by atoms with Crippen LogP contribution in [0.5, 0.6) is 0 Å². The van der Waals surface area contributed by atoms with Crippen LogP contribution >= 0.6 is 11.8 Å². The SMILES string of the molecule is CSc1c2c(c(F)c3c1CCC3)CCC2. The largest absolute Gasteiger partial charge is 0.206 e. The van der Waals surface area contributed by atoms with Gasteiger partial charge in [0.25, 0.3) is 0 Å². The van der Waals surface area contributed by atoms with Gasteiger partial charge in [-0.2, -0.15) is 0 Å². The van der Waals surface area contributed by atoms with Crippen molar-refractivity contribution in [1.29, 1.82) is 0 Å². The van der Waals surface area contributed by atoms with E-state index in [1.54, 1.807) is 0 Å². The van der Waals surface area contributed by atoms with E-state index >= 15 is 0 Å². The van der Waals surface area contributed by atoms with Crippen molar-refractivity contribution in [3.05, 3.63) is 28.1 Å². The van der Waals surface area contributed by atoms with Gasteiger partial charge in [0.1, 0.15) is 5.82 Å². The molecule has 0 nitrogen and oxygen atoms in total. The molecule has 0 radical (unpaired) electrons. The highest BCUT2D eigenvalue weighted by molar-refractivity contribution is 7.98. The van der Waals surface area contributed by atoms with Gasteiger partial charge in [-0.25, -0.2) is 4.39 Å². The summed E-state index contributed by atoms with van der Waals surface area (Å²) in [6, 6.07) is 0. The van der Waals surface area contributed by atoms with Crippen LogP contribution in [0.25, 0.3) is 0 Å². The van der Waals surface area contributed by atoms with Crippen molar-refractivity contribution >= 4 is 11.8 Å². The van der Waals surface area contributed by atoms with Gasteiger partial charge >= 0.3 is 0 Å². The minimum absolute atomic E-state index is 0.146. The predicted octanol–water partition coefficient (Wildman–Crippen LogP) is 3.53. The zero-order chi connectivity index (χ0) is 10.4. The molecule has 0 heterocycles. The molecule has 0 aliphatic heterocycles. The van der Waals surface area contributed by atoms with E-state index in [2.05, 4.69) is 6.26 Å². The number of benzene rings is 1. The summed E-state index contributed by atoms with van der Waals surface area (Å²) in [6.07, 6.45) is 8.52. The lowest BCUT2D eigenvalue weighted by Gasteiger charge is -2.14. The molecular weight excluding hydrogens is 207 g/mol. The Morgan fingerprint density at radius 3 is 1.80 bits per heavy atom. The molecule has 0 saturated carbocycles. The van der Waals surface area contributed by atoms with E-state index in [9.17, 15) is 4.39 Å². The number of rotatable bonds is 1. The molecule has 1 aromatic rings. The topological polar surface area (TPSA) is 0 Å². The van der Waals surface area contributed by atoms with Crippen LogP contribution in [0.4, 0.5) is 4.39 Å². The van der Waals surface area contributed by atoms with E-state index in [1.807, 2.05) is 11.8 Å². The molecule has 0 atom stereocenters. The highest BCUT2D eigenvalue weighted by atomic mass is 32.2. The van der Waals surface area contributed by atoms with E-state index < -0.39 is 0 Å². The van der Waals surface area contributed by atoms with Crippen molar-refractivity contribution in [1.82, 2.24) is 0 Å². The van der Waals surface area contributed by atoms with Crippen LogP contribution in [-0.2, 0) is 25.7 Å². The van der Waals surface area contributed by atoms with Crippen LogP contribution in [0.2, 0.25) is 0 Å². The Morgan fingerprint density at radius 1 is 0.867 bits per heavy atom. The molecule has 0 N–H and O–H groups in total. The lowest BCUT2D eigenvalue weighted by Crippen LogP contribution is -2.00. The zero-order valence-electron chi connectivity index (χ0n) is 9.03. The first-order chi connectivity index (χ1) is 7.33. The number of hydrogen-bond donors (Lipinski definition) is 0. The molecule has 0 aromatic heterocycles. The third-order valence-corrected chi connectivity index (χ3v) is 4.62. The number of halogens is 1. The van der Waals surface area contributed by atoms with Crippen molar-refractivity contribution in [2.24, 2.45) is 0 Å². The van der Waals surface area contributed by atoms with Crippen LogP contribution in [-0.4, -0.2) is 6.26 Å². The van der Waals surface area contributed by atoms with Crippen molar-refractivity contribution in [2.45, 2.75) is 43.4 Å². The van der Waals surface area contributed by atoms with Gasteiger partial charge in [0.05, 0.1) is 0 Å². The van der Waals surface area contributed by atoms with Crippen molar-refractivity contribution in [2.75, 3.05) is 6.26 Å². The second-order valence-electron chi connectivity index (χ2n) is 4.47. The van der Waals surface area contributed by atoms with Crippen LogP contribution < -0.4 is 0 Å². The average molecular weight is 222 g/mol. The average Bonchev–Trinajstić information content (AvgIpc) is 2.85. The first kappa shape index (κ1) is 9.71. The fourth-order valence-corrected chi connectivity index (χ4v) is 4.03. The summed E-state index contributed by atoms with van der Waals surface area (Å²) in [5.74, 6) is 0.146. The third kappa shape index (κ3) is 1.27. The molecule has 0 saturated heterocycles. The second kappa shape index (κ2) is 3.51. The maximum atomic E-state index is 14.2. The summed E-state index contributed by atoms with van der Waals surface area (Å²) < 4.78 is 14.2. The highest BCUT2D eigenvalue weighted by Crippen LogP contribution is 2.41. The van der Waals surface area contributed by atoms with Gasteiger partial charge in [-0.05, 0) is 67.0 Å². The lowest BCUT2D eigenvalue weighted by molar-refractivity contribution is 0.596. The smallest absolute Gasteiger partial charge is 0.130 e. The Balaban J connectivity index is 2.31. The molecule has 0 spiro atoms. The summed E-state index contributed by atoms with van der Waals surface area (Å²) in [4.78, 5) is 1.41. The van der Waals surface area contributed by atoms with E-state index in [0.29, 0.717) is 0 Å². The molecular formula is C13H15FS. The van der Waals surface area contributed by atoms with Gasteiger partial charge in [-0.15, -0.1) is 11.8 Å². The molecule has 0 fully saturated rings. The first-order valence-electron chi connectivity index (χ1n) is 5.72. The Hall–Kier alpha value is -0.500. The molecule has 3 rings (SSSR count). The highest BCUT2D eigenvalue weighted by Gasteiger charge is 2.28. The minimum atomic E-state index is 0.146. The molecule has 1 aromatic carbocycles. The molecule has 15 heavy (non-hydrogen) atoms. The maximum absolute atomic E-state index is 14.2. The predicted molar refractivity (Wildman–Crippen MR) is 62.2 cm³/mol. The summed E-state index contributed by atoms with van der Waals surface area (Å²) in [5.41, 5.74) is 4.75. The molecule has 0 amide bonds. The summed E-state index contributed by atoms with van der Waals surface area (Å²) in [7, 11) is 0. The van der Waals surface area contributed by atoms with Gasteiger partial charge < -0.3 is 0 Å². The Labute approximate surface area is 94.3 Å². The van der Waals surface area contributed by atoms with Gasteiger partial charge in [-0.3, -0.25) is 0 Å². The van der Waals surface area contributed by atoms with E-state index in [4.69, 9.17) is 0 Å². The zero-order valence-corrected chi connectivity index (χ0v) is 9.85. The first-order valence-corrected chi connectivity index (χ1v) is 6.94. The normalized spacial score (nSPS) is 18.0. The van der Waals surface area contributed by atoms with Crippen LogP contribution in [0, 0.1) is 5.82 Å². The van der Waals surface area contributed by atoms with Crippen LogP contribution in [0.3, 0.4) is 0 Å². The van der Waals surface area contributed by atoms with Gasteiger partial charge in [0, 0.05) is 4.90 Å². The summed E-state index contributed by atoms with van der Waals surface area (Å²) in [5, 5.41) is 0. The molecule has 80 valence electrons. The van der Waals surface area contributed by atoms with Crippen molar-refractivity contribution in [3.8, 4) is 0 Å². The summed E-state index contributed by atoms with van der Waals surface area (Å²) >= 11 is 1.82. The fraction of sp³-hybridized carbons (Fsp3) is 0.538. The quantitative estimate of drug-likeness (QED) is 0.655. The van der Waals surface area contributed by atoms with E-state index in [0.717, 1.165) is 49.7 Å². The van der Waals surface area contributed by atoms with Crippen molar-refractivity contribution < 1.29 is 4.39 Å². The minimum Gasteiger partial charge on any atom is -0.206 e. The van der Waals surface area contributed by atoms with Crippen LogP contribution in [0.1, 0.15) is 35.1 Å². The molecule has 0 unspecified atom stereocenters. The van der Waals surface area contributed by atoms with Gasteiger partial charge in [-0.1, -0.05) is 0 Å². The Bertz CT molecular complexity index is 388. The van der Waals surface area contributed by atoms with E-state index in [-0.39, 0.29) is 5.82 Å². The maximum Gasteiger partial charge on any atom is 0.130 e. The number of fused-ring (bicyclic) bond motifs is 2. The van der Waals surface area contributed by atoms with E-state index in [1.165, 1.54) is 16.0 Å². The standard InChI is InChI=1S/C13H15FS/c1-15-13-10-6-2-4-8(10)12(14)9-5-3-7-11(9)13/h2-7H2,1H3. The number of hydrogen-bond acceptors (Lipinski definition) is 1. The van der Waals surface area contributed by atoms with Gasteiger partial charge in [0.15, 0.2) is 0 Å². The summed E-state index contributed by atoms with van der Waals surface area (Å²) in [6.45, 7) is 0. The van der Waals surface area contributed by atoms with Gasteiger partial charge in [0.2, 0.25) is 0 Å². The Morgan fingerprint density at radius 2 is 1.33 bits per heavy atom. The number of thioether (sulfide) groups is 1. The lowest BCUT2D eigenvalue weighted by atomic mass is 10.0. The molecule has 2 aliphatic rings. The second-order valence-corrected chi connectivity index (χ2v) is 5.29. The molecule has 0 bridgehead atoms. The third-order valence-electron chi connectivity index (χ3n) is 3.72. The monoisotopic (exact) mass is 222 g/mol. The van der Waals surface area contributed by atoms with Crippen LogP contribution in [0.15, 0.2) is 4.90 Å². The van der Waals surface area contributed by atoms with Crippen molar-refractivity contribution in [3.63, 3.8) is 0 Å². The molecule has 2 aliphatic carbocycles. The fourth-order valence-electron chi connectivity index (χ4n) is 3.08. The molecule has 2 heteroatoms.